The maximum atomic E-state index is 12.5. The van der Waals surface area contributed by atoms with Gasteiger partial charge in [-0.15, -0.1) is 0 Å². The molecule has 3 aromatic rings. The molecule has 142 valence electrons. The van der Waals surface area contributed by atoms with Gasteiger partial charge < -0.3 is 14.2 Å². The van der Waals surface area contributed by atoms with E-state index in [9.17, 15) is 4.79 Å². The van der Waals surface area contributed by atoms with Crippen molar-refractivity contribution in [2.24, 2.45) is 0 Å². The minimum atomic E-state index is -0.346. The summed E-state index contributed by atoms with van der Waals surface area (Å²) in [5.41, 5.74) is 9.11. The second-order valence-electron chi connectivity index (χ2n) is 5.94. The summed E-state index contributed by atoms with van der Waals surface area (Å²) < 4.78 is 16.9. The number of amides is 1. The average molecular weight is 387 g/mol. The Morgan fingerprint density at radius 1 is 1.00 bits per heavy atom. The van der Waals surface area contributed by atoms with Crippen LogP contribution in [0, 0.1) is 13.8 Å². The molecule has 0 aliphatic heterocycles. The SMILES string of the molecule is COc1cc(C(=O)NNc2nc3c(C)cc(C)cc3s2)cc(OC)c1OC. The second-order valence-corrected chi connectivity index (χ2v) is 6.97. The van der Waals surface area contributed by atoms with E-state index in [0.717, 1.165) is 15.8 Å². The molecule has 0 fully saturated rings. The molecule has 0 radical (unpaired) electrons. The molecule has 8 heteroatoms. The molecular weight excluding hydrogens is 366 g/mol. The lowest BCUT2D eigenvalue weighted by molar-refractivity contribution is 0.0962. The fourth-order valence-electron chi connectivity index (χ4n) is 2.82. The van der Waals surface area contributed by atoms with Crippen LogP contribution in [0.1, 0.15) is 21.5 Å². The van der Waals surface area contributed by atoms with Crippen molar-refractivity contribution in [2.45, 2.75) is 13.8 Å². The molecule has 0 spiro atoms. The number of nitrogens with zero attached hydrogens (tertiary/aromatic N) is 1. The quantitative estimate of drug-likeness (QED) is 0.628. The molecule has 0 saturated heterocycles. The van der Waals surface area contributed by atoms with Crippen LogP contribution >= 0.6 is 11.3 Å². The molecule has 0 saturated carbocycles. The Balaban J connectivity index is 1.81. The highest BCUT2D eigenvalue weighted by Crippen LogP contribution is 2.38. The van der Waals surface area contributed by atoms with E-state index in [-0.39, 0.29) is 5.91 Å². The molecule has 1 heterocycles. The van der Waals surface area contributed by atoms with Gasteiger partial charge in [0.1, 0.15) is 0 Å². The third-order valence-corrected chi connectivity index (χ3v) is 4.96. The number of aromatic nitrogens is 1. The molecule has 2 N–H and O–H groups in total. The van der Waals surface area contributed by atoms with E-state index in [1.807, 2.05) is 13.8 Å². The van der Waals surface area contributed by atoms with Crippen molar-refractivity contribution in [3.05, 3.63) is 41.0 Å². The summed E-state index contributed by atoms with van der Waals surface area (Å²) in [5, 5.41) is 0.611. The van der Waals surface area contributed by atoms with Crippen molar-refractivity contribution in [3.8, 4) is 17.2 Å². The van der Waals surface area contributed by atoms with Crippen LogP contribution in [0.4, 0.5) is 5.13 Å². The largest absolute Gasteiger partial charge is 0.493 e. The zero-order valence-electron chi connectivity index (χ0n) is 15.8. The number of benzene rings is 2. The van der Waals surface area contributed by atoms with Crippen molar-refractivity contribution >= 4 is 32.6 Å². The maximum Gasteiger partial charge on any atom is 0.269 e. The third-order valence-electron chi connectivity index (χ3n) is 4.04. The Kier molecular flexibility index (Phi) is 5.36. The zero-order chi connectivity index (χ0) is 19.6. The molecule has 2 aromatic carbocycles. The Labute approximate surface area is 161 Å². The molecule has 7 nitrogen and oxygen atoms in total. The number of anilines is 1. The number of rotatable bonds is 6. The Morgan fingerprint density at radius 3 is 2.26 bits per heavy atom. The van der Waals surface area contributed by atoms with Crippen LogP contribution in [-0.4, -0.2) is 32.2 Å². The molecule has 0 unspecified atom stereocenters. The molecule has 27 heavy (non-hydrogen) atoms. The van der Waals surface area contributed by atoms with Crippen LogP contribution in [0.5, 0.6) is 17.2 Å². The van der Waals surface area contributed by atoms with E-state index in [0.29, 0.717) is 27.9 Å². The van der Waals surface area contributed by atoms with Gasteiger partial charge in [0, 0.05) is 5.56 Å². The summed E-state index contributed by atoms with van der Waals surface area (Å²) in [5.74, 6) is 0.907. The number of thiazole rings is 1. The number of ether oxygens (including phenoxy) is 3. The zero-order valence-corrected chi connectivity index (χ0v) is 16.6. The molecule has 3 rings (SSSR count). The first kappa shape index (κ1) is 18.8. The summed E-state index contributed by atoms with van der Waals surface area (Å²) in [6, 6.07) is 7.33. The summed E-state index contributed by atoms with van der Waals surface area (Å²) in [6.45, 7) is 4.07. The first-order valence-corrected chi connectivity index (χ1v) is 9.02. The van der Waals surface area contributed by atoms with Crippen LogP contribution in [0.25, 0.3) is 10.2 Å². The van der Waals surface area contributed by atoms with Crippen molar-refractivity contribution in [2.75, 3.05) is 26.8 Å². The van der Waals surface area contributed by atoms with E-state index in [1.165, 1.54) is 38.2 Å². The summed E-state index contributed by atoms with van der Waals surface area (Å²) in [7, 11) is 4.52. The Hall–Kier alpha value is -3.00. The number of hydrogen-bond donors (Lipinski definition) is 2. The van der Waals surface area contributed by atoms with Crippen LogP contribution in [0.2, 0.25) is 0 Å². The lowest BCUT2D eigenvalue weighted by atomic mass is 10.1. The van der Waals surface area contributed by atoms with E-state index in [2.05, 4.69) is 28.0 Å². The smallest absolute Gasteiger partial charge is 0.269 e. The number of hydrogen-bond acceptors (Lipinski definition) is 7. The topological polar surface area (TPSA) is 81.7 Å². The summed E-state index contributed by atoms with van der Waals surface area (Å²) >= 11 is 1.48. The van der Waals surface area contributed by atoms with Crippen LogP contribution < -0.4 is 25.1 Å². The highest BCUT2D eigenvalue weighted by Gasteiger charge is 2.17. The summed E-state index contributed by atoms with van der Waals surface area (Å²) in [4.78, 5) is 17.1. The molecule has 1 aromatic heterocycles. The van der Waals surface area contributed by atoms with E-state index >= 15 is 0 Å². The number of nitrogens with one attached hydrogen (secondary N) is 2. The highest BCUT2D eigenvalue weighted by molar-refractivity contribution is 7.22. The molecular formula is C19H21N3O4S. The molecule has 0 aliphatic rings. The van der Waals surface area contributed by atoms with Gasteiger partial charge in [-0.3, -0.25) is 15.6 Å². The monoisotopic (exact) mass is 387 g/mol. The number of carbonyl (C=O) groups is 1. The predicted octanol–water partition coefficient (Wildman–Crippen LogP) is 3.70. The van der Waals surface area contributed by atoms with Crippen LogP contribution in [-0.2, 0) is 0 Å². The van der Waals surface area contributed by atoms with Crippen LogP contribution in [0.15, 0.2) is 24.3 Å². The van der Waals surface area contributed by atoms with E-state index in [1.54, 1.807) is 12.1 Å². The normalized spacial score (nSPS) is 10.6. The minimum Gasteiger partial charge on any atom is -0.493 e. The van der Waals surface area contributed by atoms with Crippen molar-refractivity contribution < 1.29 is 19.0 Å². The van der Waals surface area contributed by atoms with Gasteiger partial charge in [0.2, 0.25) is 10.9 Å². The molecule has 0 aliphatic carbocycles. The third kappa shape index (κ3) is 3.75. The standard InChI is InChI=1S/C19H21N3O4S/c1-10-6-11(2)16-15(7-10)27-19(20-16)22-21-18(23)12-8-13(24-3)17(26-5)14(9-12)25-4/h6-9H,1-5H3,(H,20,22)(H,21,23). The number of hydrazine groups is 1. The van der Waals surface area contributed by atoms with E-state index < -0.39 is 0 Å². The van der Waals surface area contributed by atoms with Gasteiger partial charge in [-0.2, -0.15) is 0 Å². The fourth-order valence-corrected chi connectivity index (χ4v) is 3.81. The van der Waals surface area contributed by atoms with Gasteiger partial charge in [0.15, 0.2) is 11.5 Å². The number of carbonyl (C=O) groups excluding carboxylic acids is 1. The number of aryl methyl sites for hydroxylation is 2. The van der Waals surface area contributed by atoms with Crippen molar-refractivity contribution in [1.29, 1.82) is 0 Å². The predicted molar refractivity (Wildman–Crippen MR) is 106 cm³/mol. The fraction of sp³-hybridized carbons (Fsp3) is 0.263. The van der Waals surface area contributed by atoms with Gasteiger partial charge in [0.25, 0.3) is 5.91 Å². The summed E-state index contributed by atoms with van der Waals surface area (Å²) in [6.07, 6.45) is 0. The average Bonchev–Trinajstić information content (AvgIpc) is 3.07. The first-order chi connectivity index (χ1) is 13.0. The Bertz CT molecular complexity index is 975. The van der Waals surface area contributed by atoms with Gasteiger partial charge >= 0.3 is 0 Å². The Morgan fingerprint density at radius 2 is 1.67 bits per heavy atom. The second kappa shape index (κ2) is 7.71. The minimum absolute atomic E-state index is 0.346. The van der Waals surface area contributed by atoms with Gasteiger partial charge in [-0.05, 0) is 43.2 Å². The van der Waals surface area contributed by atoms with E-state index in [4.69, 9.17) is 14.2 Å². The maximum absolute atomic E-state index is 12.5. The van der Waals surface area contributed by atoms with Crippen molar-refractivity contribution in [1.82, 2.24) is 10.4 Å². The lowest BCUT2D eigenvalue weighted by Gasteiger charge is -2.14. The molecule has 0 bridgehead atoms. The first-order valence-electron chi connectivity index (χ1n) is 8.21. The van der Waals surface area contributed by atoms with Gasteiger partial charge in [-0.25, -0.2) is 4.98 Å². The number of methoxy groups -OCH3 is 3. The number of fused-ring (bicyclic) bond motifs is 1. The van der Waals surface area contributed by atoms with Crippen LogP contribution in [0.3, 0.4) is 0 Å². The van der Waals surface area contributed by atoms with Gasteiger partial charge in [-0.1, -0.05) is 17.4 Å². The molecule has 1 amide bonds. The van der Waals surface area contributed by atoms with Crippen molar-refractivity contribution in [3.63, 3.8) is 0 Å². The lowest BCUT2D eigenvalue weighted by Crippen LogP contribution is -2.29. The molecule has 0 atom stereocenters. The highest BCUT2D eigenvalue weighted by atomic mass is 32.1. The van der Waals surface area contributed by atoms with Gasteiger partial charge in [0.05, 0.1) is 31.5 Å².